The van der Waals surface area contributed by atoms with E-state index in [0.29, 0.717) is 5.69 Å². The van der Waals surface area contributed by atoms with Crippen LogP contribution in [0.25, 0.3) is 11.1 Å². The van der Waals surface area contributed by atoms with Crippen molar-refractivity contribution >= 4 is 33.2 Å². The van der Waals surface area contributed by atoms with Crippen LogP contribution in [0.1, 0.15) is 0 Å². The van der Waals surface area contributed by atoms with Crippen LogP contribution in [0.4, 0.5) is 5.69 Å². The minimum atomic E-state index is 0.229. The van der Waals surface area contributed by atoms with E-state index in [1.807, 2.05) is 24.3 Å². The summed E-state index contributed by atoms with van der Waals surface area (Å²) in [6.07, 6.45) is 1.60. The SMILES string of the molecule is Nc1c(-c2cccc(Br)c2)cnnc1Cl. The van der Waals surface area contributed by atoms with Crippen LogP contribution in [0, 0.1) is 0 Å². The standard InChI is InChI=1S/C10H7BrClN3/c11-7-3-1-2-6(4-7)8-5-14-15-10(12)9(8)13/h1-5H,(H2,13,14). The summed E-state index contributed by atoms with van der Waals surface area (Å²) >= 11 is 9.19. The van der Waals surface area contributed by atoms with Crippen molar-refractivity contribution in [3.05, 3.63) is 40.1 Å². The van der Waals surface area contributed by atoms with E-state index < -0.39 is 0 Å². The Morgan fingerprint density at radius 1 is 1.33 bits per heavy atom. The largest absolute Gasteiger partial charge is 0.396 e. The second kappa shape index (κ2) is 4.16. The Morgan fingerprint density at radius 3 is 2.87 bits per heavy atom. The van der Waals surface area contributed by atoms with Gasteiger partial charge in [0, 0.05) is 10.0 Å². The molecule has 15 heavy (non-hydrogen) atoms. The summed E-state index contributed by atoms with van der Waals surface area (Å²) < 4.78 is 0.979. The van der Waals surface area contributed by atoms with Gasteiger partial charge in [0.25, 0.3) is 0 Å². The smallest absolute Gasteiger partial charge is 0.175 e. The number of hydrogen-bond donors (Lipinski definition) is 1. The molecule has 2 aromatic rings. The monoisotopic (exact) mass is 283 g/mol. The minimum Gasteiger partial charge on any atom is -0.396 e. The fourth-order valence-corrected chi connectivity index (χ4v) is 1.80. The zero-order valence-corrected chi connectivity index (χ0v) is 9.96. The van der Waals surface area contributed by atoms with Crippen LogP contribution in [0.15, 0.2) is 34.9 Å². The Hall–Kier alpha value is -1.13. The van der Waals surface area contributed by atoms with Crippen LogP contribution in [0.5, 0.6) is 0 Å². The van der Waals surface area contributed by atoms with Gasteiger partial charge in [0.1, 0.15) is 0 Å². The summed E-state index contributed by atoms with van der Waals surface area (Å²) in [7, 11) is 0. The Morgan fingerprint density at radius 2 is 2.13 bits per heavy atom. The van der Waals surface area contributed by atoms with E-state index >= 15 is 0 Å². The van der Waals surface area contributed by atoms with Gasteiger partial charge in [-0.3, -0.25) is 0 Å². The molecule has 5 heteroatoms. The highest BCUT2D eigenvalue weighted by atomic mass is 79.9. The first-order valence-electron chi connectivity index (χ1n) is 4.21. The lowest BCUT2D eigenvalue weighted by atomic mass is 10.1. The zero-order chi connectivity index (χ0) is 10.8. The molecule has 1 heterocycles. The molecule has 2 rings (SSSR count). The lowest BCUT2D eigenvalue weighted by Crippen LogP contribution is -1.95. The van der Waals surface area contributed by atoms with E-state index in [4.69, 9.17) is 17.3 Å². The van der Waals surface area contributed by atoms with Gasteiger partial charge in [0.05, 0.1) is 11.9 Å². The maximum Gasteiger partial charge on any atom is 0.175 e. The van der Waals surface area contributed by atoms with Gasteiger partial charge in [-0.15, -0.1) is 5.10 Å². The number of anilines is 1. The van der Waals surface area contributed by atoms with E-state index in [1.54, 1.807) is 6.20 Å². The van der Waals surface area contributed by atoms with E-state index in [1.165, 1.54) is 0 Å². The van der Waals surface area contributed by atoms with Crippen LogP contribution in [-0.4, -0.2) is 10.2 Å². The summed E-state index contributed by atoms with van der Waals surface area (Å²) in [5, 5.41) is 7.67. The summed E-state index contributed by atoms with van der Waals surface area (Å²) in [6, 6.07) is 7.75. The van der Waals surface area contributed by atoms with Crippen molar-refractivity contribution in [1.82, 2.24) is 10.2 Å². The zero-order valence-electron chi connectivity index (χ0n) is 7.61. The van der Waals surface area contributed by atoms with Crippen LogP contribution >= 0.6 is 27.5 Å². The van der Waals surface area contributed by atoms with Crippen molar-refractivity contribution in [2.75, 3.05) is 5.73 Å². The first kappa shape index (κ1) is 10.4. The highest BCUT2D eigenvalue weighted by molar-refractivity contribution is 9.10. The fourth-order valence-electron chi connectivity index (χ4n) is 1.26. The van der Waals surface area contributed by atoms with E-state index in [2.05, 4.69) is 26.1 Å². The predicted molar refractivity (Wildman–Crippen MR) is 64.6 cm³/mol. The quantitative estimate of drug-likeness (QED) is 0.875. The van der Waals surface area contributed by atoms with Crippen LogP contribution in [0.2, 0.25) is 5.15 Å². The Labute approximate surface area is 100 Å². The lowest BCUT2D eigenvalue weighted by molar-refractivity contribution is 1.04. The Balaban J connectivity index is 2.59. The van der Waals surface area contributed by atoms with Crippen molar-refractivity contribution in [1.29, 1.82) is 0 Å². The van der Waals surface area contributed by atoms with Crippen LogP contribution in [-0.2, 0) is 0 Å². The molecule has 3 nitrogen and oxygen atoms in total. The number of rotatable bonds is 1. The molecule has 0 spiro atoms. The van der Waals surface area contributed by atoms with Crippen molar-refractivity contribution in [2.45, 2.75) is 0 Å². The van der Waals surface area contributed by atoms with Crippen molar-refractivity contribution in [2.24, 2.45) is 0 Å². The third-order valence-electron chi connectivity index (χ3n) is 1.98. The Kier molecular flexibility index (Phi) is 2.88. The molecule has 0 atom stereocenters. The predicted octanol–water partition coefficient (Wildman–Crippen LogP) is 3.14. The highest BCUT2D eigenvalue weighted by Crippen LogP contribution is 2.30. The topological polar surface area (TPSA) is 51.8 Å². The van der Waals surface area contributed by atoms with Gasteiger partial charge >= 0.3 is 0 Å². The molecule has 0 fully saturated rings. The van der Waals surface area contributed by atoms with E-state index in [-0.39, 0.29) is 5.15 Å². The number of nitrogens with two attached hydrogens (primary N) is 1. The fraction of sp³-hybridized carbons (Fsp3) is 0. The van der Waals surface area contributed by atoms with Gasteiger partial charge in [-0.1, -0.05) is 39.7 Å². The molecule has 1 aromatic carbocycles. The number of nitrogen functional groups attached to an aromatic ring is 1. The molecular weight excluding hydrogens is 277 g/mol. The summed E-state index contributed by atoms with van der Waals surface area (Å²) in [6.45, 7) is 0. The van der Waals surface area contributed by atoms with Crippen molar-refractivity contribution < 1.29 is 0 Å². The average molecular weight is 285 g/mol. The maximum absolute atomic E-state index is 5.81. The number of aromatic nitrogens is 2. The number of halogens is 2. The molecule has 0 aliphatic rings. The number of nitrogens with zero attached hydrogens (tertiary/aromatic N) is 2. The van der Waals surface area contributed by atoms with Gasteiger partial charge in [-0.2, -0.15) is 5.10 Å². The maximum atomic E-state index is 5.81. The third kappa shape index (κ3) is 2.11. The molecule has 1 aromatic heterocycles. The van der Waals surface area contributed by atoms with Crippen molar-refractivity contribution in [3.8, 4) is 11.1 Å². The molecule has 0 amide bonds. The molecule has 0 aliphatic carbocycles. The molecule has 76 valence electrons. The second-order valence-electron chi connectivity index (χ2n) is 2.97. The van der Waals surface area contributed by atoms with Crippen molar-refractivity contribution in [3.63, 3.8) is 0 Å². The van der Waals surface area contributed by atoms with E-state index in [9.17, 15) is 0 Å². The molecule has 0 saturated carbocycles. The van der Waals surface area contributed by atoms with Gasteiger partial charge in [-0.05, 0) is 17.7 Å². The van der Waals surface area contributed by atoms with Gasteiger partial charge < -0.3 is 5.73 Å². The van der Waals surface area contributed by atoms with E-state index in [0.717, 1.165) is 15.6 Å². The number of hydrogen-bond acceptors (Lipinski definition) is 3. The molecular formula is C10H7BrClN3. The number of benzene rings is 1. The van der Waals surface area contributed by atoms with Gasteiger partial charge in [0.2, 0.25) is 0 Å². The lowest BCUT2D eigenvalue weighted by Gasteiger charge is -2.05. The van der Waals surface area contributed by atoms with Gasteiger partial charge in [0.15, 0.2) is 5.15 Å². The first-order valence-corrected chi connectivity index (χ1v) is 5.38. The third-order valence-corrected chi connectivity index (χ3v) is 2.75. The molecule has 0 bridgehead atoms. The van der Waals surface area contributed by atoms with Gasteiger partial charge in [-0.25, -0.2) is 0 Å². The summed E-state index contributed by atoms with van der Waals surface area (Å²) in [5.74, 6) is 0. The molecule has 0 saturated heterocycles. The van der Waals surface area contributed by atoms with Crippen LogP contribution in [0.3, 0.4) is 0 Å². The molecule has 0 unspecified atom stereocenters. The summed E-state index contributed by atoms with van der Waals surface area (Å²) in [4.78, 5) is 0. The average Bonchev–Trinajstić information content (AvgIpc) is 2.22. The van der Waals surface area contributed by atoms with Crippen LogP contribution < -0.4 is 5.73 Å². The summed E-state index contributed by atoms with van der Waals surface area (Å²) in [5.41, 5.74) is 8.01. The molecule has 0 aliphatic heterocycles. The Bertz CT molecular complexity index is 502. The molecule has 0 radical (unpaired) electrons. The highest BCUT2D eigenvalue weighted by Gasteiger charge is 2.07. The molecule has 2 N–H and O–H groups in total. The minimum absolute atomic E-state index is 0.229. The first-order chi connectivity index (χ1) is 7.18. The second-order valence-corrected chi connectivity index (χ2v) is 4.25. The normalized spacial score (nSPS) is 10.3.